The molecule has 0 radical (unpaired) electrons. The van der Waals surface area contributed by atoms with Gasteiger partial charge in [0, 0.05) is 0 Å². The molecule has 0 saturated heterocycles. The van der Waals surface area contributed by atoms with E-state index in [1.54, 1.807) is 12.2 Å². The smallest absolute Gasteiger partial charge is 0.325 e. The van der Waals surface area contributed by atoms with Gasteiger partial charge in [-0.3, -0.25) is 9.59 Å². The first-order valence-electron chi connectivity index (χ1n) is 5.91. The predicted molar refractivity (Wildman–Crippen MR) is 67.4 cm³/mol. The van der Waals surface area contributed by atoms with E-state index in [0.717, 1.165) is 19.3 Å². The van der Waals surface area contributed by atoms with Crippen LogP contribution in [0.25, 0.3) is 0 Å². The number of rotatable bonds is 8. The molecule has 0 aromatic carbocycles. The number of amides is 1. The van der Waals surface area contributed by atoms with Crippen LogP contribution in [0.4, 0.5) is 0 Å². The minimum atomic E-state index is -0.432. The van der Waals surface area contributed by atoms with Crippen LogP contribution in [0.5, 0.6) is 0 Å². The van der Waals surface area contributed by atoms with Gasteiger partial charge in [0.1, 0.15) is 13.2 Å². The normalized spacial score (nSPS) is 10.9. The Labute approximate surface area is 103 Å². The molecule has 96 valence electrons. The zero-order valence-corrected chi connectivity index (χ0v) is 10.6. The molecule has 1 amide bonds. The van der Waals surface area contributed by atoms with Crippen molar-refractivity contribution in [3.8, 4) is 0 Å². The second-order valence-electron chi connectivity index (χ2n) is 3.51. The van der Waals surface area contributed by atoms with Crippen molar-refractivity contribution in [2.75, 3.05) is 13.2 Å². The monoisotopic (exact) mass is 239 g/mol. The fourth-order valence-corrected chi connectivity index (χ4v) is 1.02. The molecule has 0 aromatic heterocycles. The number of carbonyl (C=O) groups is 2. The quantitative estimate of drug-likeness (QED) is 0.305. The van der Waals surface area contributed by atoms with Crippen LogP contribution >= 0.6 is 0 Å². The van der Waals surface area contributed by atoms with Crippen LogP contribution in [-0.4, -0.2) is 25.0 Å². The summed E-state index contributed by atoms with van der Waals surface area (Å²) in [5.74, 6) is -0.692. The van der Waals surface area contributed by atoms with Crippen molar-refractivity contribution in [3.05, 3.63) is 24.3 Å². The number of unbranched alkanes of at least 4 members (excludes halogenated alkanes) is 2. The standard InChI is InChI=1S/C13H21NO3/c1-3-5-7-8-9-12(15)14-11-13(16)17-10-6-4-2/h4,6,8-9H,3,5,7,10-11H2,1-2H3,(H,14,15)/b6-4+,9-8+. The number of esters is 1. The van der Waals surface area contributed by atoms with Gasteiger partial charge in [0.15, 0.2) is 0 Å². The minimum absolute atomic E-state index is 0.0888. The van der Waals surface area contributed by atoms with Gasteiger partial charge < -0.3 is 10.1 Å². The number of hydrogen-bond acceptors (Lipinski definition) is 3. The lowest BCUT2D eigenvalue weighted by Gasteiger charge is -2.02. The summed E-state index contributed by atoms with van der Waals surface area (Å²) in [6, 6.07) is 0. The van der Waals surface area contributed by atoms with E-state index in [0.29, 0.717) is 0 Å². The Morgan fingerprint density at radius 2 is 2.06 bits per heavy atom. The molecule has 1 N–H and O–H groups in total. The lowest BCUT2D eigenvalue weighted by atomic mass is 10.2. The maximum absolute atomic E-state index is 11.2. The third-order valence-electron chi connectivity index (χ3n) is 1.98. The van der Waals surface area contributed by atoms with E-state index in [-0.39, 0.29) is 19.1 Å². The number of nitrogens with one attached hydrogen (secondary N) is 1. The van der Waals surface area contributed by atoms with Crippen molar-refractivity contribution in [2.24, 2.45) is 0 Å². The number of hydrogen-bond donors (Lipinski definition) is 1. The van der Waals surface area contributed by atoms with Crippen molar-refractivity contribution < 1.29 is 14.3 Å². The molecule has 0 fully saturated rings. The van der Waals surface area contributed by atoms with Gasteiger partial charge in [0.05, 0.1) is 0 Å². The maximum atomic E-state index is 11.2. The highest BCUT2D eigenvalue weighted by molar-refractivity contribution is 5.90. The van der Waals surface area contributed by atoms with Crippen LogP contribution < -0.4 is 5.32 Å². The number of ether oxygens (including phenoxy) is 1. The molecule has 0 saturated carbocycles. The Morgan fingerprint density at radius 3 is 2.71 bits per heavy atom. The van der Waals surface area contributed by atoms with Gasteiger partial charge in [-0.1, -0.05) is 38.0 Å². The van der Waals surface area contributed by atoms with Crippen LogP contribution in [0, 0.1) is 0 Å². The predicted octanol–water partition coefficient (Wildman–Crippen LogP) is 1.97. The molecule has 0 unspecified atom stereocenters. The highest BCUT2D eigenvalue weighted by Gasteiger charge is 2.02. The molecule has 0 heterocycles. The third-order valence-corrected chi connectivity index (χ3v) is 1.98. The van der Waals surface area contributed by atoms with Crippen LogP contribution in [0.15, 0.2) is 24.3 Å². The second-order valence-corrected chi connectivity index (χ2v) is 3.51. The van der Waals surface area contributed by atoms with Crippen molar-refractivity contribution in [1.82, 2.24) is 5.32 Å². The van der Waals surface area contributed by atoms with E-state index in [4.69, 9.17) is 4.74 Å². The lowest BCUT2D eigenvalue weighted by molar-refractivity contribution is -0.142. The largest absolute Gasteiger partial charge is 0.460 e. The van der Waals surface area contributed by atoms with Crippen molar-refractivity contribution in [2.45, 2.75) is 33.1 Å². The lowest BCUT2D eigenvalue weighted by Crippen LogP contribution is -2.29. The second kappa shape index (κ2) is 10.9. The summed E-state index contributed by atoms with van der Waals surface area (Å²) >= 11 is 0. The Kier molecular flexibility index (Phi) is 9.91. The molecule has 0 aromatic rings. The average Bonchev–Trinajstić information content (AvgIpc) is 2.32. The van der Waals surface area contributed by atoms with Crippen LogP contribution in [-0.2, 0) is 14.3 Å². The van der Waals surface area contributed by atoms with Gasteiger partial charge in [0.2, 0.25) is 5.91 Å². The Bertz CT molecular complexity index is 282. The van der Waals surface area contributed by atoms with Crippen LogP contribution in [0.2, 0.25) is 0 Å². The zero-order valence-electron chi connectivity index (χ0n) is 10.6. The molecule has 17 heavy (non-hydrogen) atoms. The van der Waals surface area contributed by atoms with Gasteiger partial charge in [-0.25, -0.2) is 0 Å². The molecular weight excluding hydrogens is 218 g/mol. The summed E-state index contributed by atoms with van der Waals surface area (Å²) in [4.78, 5) is 22.3. The summed E-state index contributed by atoms with van der Waals surface area (Å²) in [5.41, 5.74) is 0. The zero-order chi connectivity index (χ0) is 12.9. The van der Waals surface area contributed by atoms with Gasteiger partial charge in [-0.05, 0) is 19.4 Å². The maximum Gasteiger partial charge on any atom is 0.325 e. The summed E-state index contributed by atoms with van der Waals surface area (Å²) in [6.45, 7) is 4.09. The molecular formula is C13H21NO3. The van der Waals surface area contributed by atoms with E-state index >= 15 is 0 Å². The van der Waals surface area contributed by atoms with Crippen molar-refractivity contribution in [3.63, 3.8) is 0 Å². The van der Waals surface area contributed by atoms with Gasteiger partial charge in [0.25, 0.3) is 0 Å². The van der Waals surface area contributed by atoms with Crippen LogP contribution in [0.1, 0.15) is 33.1 Å². The van der Waals surface area contributed by atoms with Gasteiger partial charge >= 0.3 is 5.97 Å². The van der Waals surface area contributed by atoms with E-state index in [1.165, 1.54) is 6.08 Å². The first kappa shape index (κ1) is 15.4. The summed E-state index contributed by atoms with van der Waals surface area (Å²) in [5, 5.41) is 2.46. The summed E-state index contributed by atoms with van der Waals surface area (Å²) in [6.07, 6.45) is 9.83. The molecule has 0 aliphatic heterocycles. The average molecular weight is 239 g/mol. The Hall–Kier alpha value is -1.58. The van der Waals surface area contributed by atoms with Crippen molar-refractivity contribution in [1.29, 1.82) is 0 Å². The van der Waals surface area contributed by atoms with Crippen LogP contribution in [0.3, 0.4) is 0 Å². The fourth-order valence-electron chi connectivity index (χ4n) is 1.02. The molecule has 0 atom stereocenters. The molecule has 0 aliphatic rings. The first-order chi connectivity index (χ1) is 8.20. The summed E-state index contributed by atoms with van der Waals surface area (Å²) in [7, 11) is 0. The molecule has 0 aliphatic carbocycles. The fraction of sp³-hybridized carbons (Fsp3) is 0.538. The first-order valence-corrected chi connectivity index (χ1v) is 5.91. The summed E-state index contributed by atoms with van der Waals surface area (Å²) < 4.78 is 4.81. The third kappa shape index (κ3) is 10.7. The number of carbonyl (C=O) groups excluding carboxylic acids is 2. The van der Waals surface area contributed by atoms with Gasteiger partial charge in [-0.15, -0.1) is 0 Å². The number of allylic oxidation sites excluding steroid dienone is 2. The molecule has 4 heteroatoms. The Balaban J connectivity index is 3.61. The Morgan fingerprint density at radius 1 is 1.29 bits per heavy atom. The minimum Gasteiger partial charge on any atom is -0.460 e. The molecule has 0 rings (SSSR count). The van der Waals surface area contributed by atoms with E-state index in [1.807, 2.05) is 13.0 Å². The highest BCUT2D eigenvalue weighted by atomic mass is 16.5. The van der Waals surface area contributed by atoms with E-state index in [2.05, 4.69) is 12.2 Å². The topological polar surface area (TPSA) is 55.4 Å². The molecule has 0 spiro atoms. The van der Waals surface area contributed by atoms with E-state index < -0.39 is 5.97 Å². The van der Waals surface area contributed by atoms with E-state index in [9.17, 15) is 9.59 Å². The molecule has 0 bridgehead atoms. The van der Waals surface area contributed by atoms with Crippen molar-refractivity contribution >= 4 is 11.9 Å². The molecule has 4 nitrogen and oxygen atoms in total. The SMILES string of the molecule is C/C=C/COC(=O)CNC(=O)/C=C/CCCC. The highest BCUT2D eigenvalue weighted by Crippen LogP contribution is 1.94. The van der Waals surface area contributed by atoms with Gasteiger partial charge in [-0.2, -0.15) is 0 Å².